The zero-order valence-electron chi connectivity index (χ0n) is 13.9. The molecule has 2 rings (SSSR count). The van der Waals surface area contributed by atoms with Crippen LogP contribution >= 0.6 is 63.0 Å². The quantitative estimate of drug-likeness (QED) is 0.301. The van der Waals surface area contributed by atoms with E-state index in [9.17, 15) is 4.79 Å². The molecule has 0 saturated carbocycles. The minimum absolute atomic E-state index is 0.0665. The fourth-order valence-electron chi connectivity index (χ4n) is 1.94. The average Bonchev–Trinajstić information content (AvgIpc) is 2.61. The number of anilines is 1. The number of hydrogen-bond donors (Lipinski definition) is 2. The van der Waals surface area contributed by atoms with Crippen LogP contribution < -0.4 is 15.4 Å². The van der Waals surface area contributed by atoms with E-state index in [-0.39, 0.29) is 5.11 Å². The third-order valence-electron chi connectivity index (χ3n) is 3.22. The van der Waals surface area contributed by atoms with Crippen LogP contribution in [-0.2, 0) is 4.74 Å². The van der Waals surface area contributed by atoms with Gasteiger partial charge in [0.05, 0.1) is 31.8 Å². The molecule has 0 atom stereocenters. The van der Waals surface area contributed by atoms with Crippen LogP contribution in [0.25, 0.3) is 0 Å². The van der Waals surface area contributed by atoms with Crippen LogP contribution in [0.5, 0.6) is 5.75 Å². The van der Waals surface area contributed by atoms with E-state index in [0.717, 1.165) is 0 Å². The van der Waals surface area contributed by atoms with Crippen molar-refractivity contribution in [2.45, 2.75) is 0 Å². The largest absolute Gasteiger partial charge is 0.490 e. The van der Waals surface area contributed by atoms with Crippen LogP contribution in [0.1, 0.15) is 10.4 Å². The molecule has 2 aromatic carbocycles. The maximum Gasteiger partial charge on any atom is 0.257 e. The predicted molar refractivity (Wildman–Crippen MR) is 117 cm³/mol. The molecule has 2 aromatic rings. The Labute approximate surface area is 185 Å². The molecule has 10 heteroatoms. The molecule has 0 radical (unpaired) electrons. The monoisotopic (exact) mass is 510 g/mol. The lowest BCUT2D eigenvalue weighted by Gasteiger charge is -2.13. The molecule has 2 N–H and O–H groups in total. The third kappa shape index (κ3) is 6.48. The Morgan fingerprint density at radius 2 is 1.81 bits per heavy atom. The lowest BCUT2D eigenvalue weighted by Crippen LogP contribution is -2.34. The van der Waals surface area contributed by atoms with Gasteiger partial charge in [0.15, 0.2) is 5.11 Å². The summed E-state index contributed by atoms with van der Waals surface area (Å²) in [5, 5.41) is 6.40. The van der Waals surface area contributed by atoms with Gasteiger partial charge in [-0.25, -0.2) is 0 Å². The van der Waals surface area contributed by atoms with Gasteiger partial charge in [-0.1, -0.05) is 34.8 Å². The van der Waals surface area contributed by atoms with Crippen molar-refractivity contribution in [3.05, 3.63) is 55.4 Å². The predicted octanol–water partition coefficient (Wildman–Crippen LogP) is 5.56. The van der Waals surface area contributed by atoms with Gasteiger partial charge in [0.2, 0.25) is 0 Å². The Morgan fingerprint density at radius 3 is 2.48 bits per heavy atom. The van der Waals surface area contributed by atoms with Crippen molar-refractivity contribution >= 4 is 79.7 Å². The van der Waals surface area contributed by atoms with Crippen LogP contribution in [0.4, 0.5) is 5.69 Å². The molecule has 0 saturated heterocycles. The highest BCUT2D eigenvalue weighted by Crippen LogP contribution is 2.32. The number of carbonyl (C=O) groups excluding carboxylic acids is 1. The van der Waals surface area contributed by atoms with E-state index in [1.54, 1.807) is 25.3 Å². The maximum absolute atomic E-state index is 12.4. The Kier molecular flexibility index (Phi) is 8.60. The molecule has 0 heterocycles. The molecule has 0 aliphatic heterocycles. The number of amides is 1. The first kappa shape index (κ1) is 22.2. The number of ether oxygens (including phenoxy) is 2. The molecule has 0 fully saturated rings. The SMILES string of the molecule is COCCOc1ccc(C(=O)NC(=S)Nc2cc(Cl)c(Cl)cc2Cl)cc1Br. The number of nitrogens with one attached hydrogen (secondary N) is 2. The van der Waals surface area contributed by atoms with Gasteiger partial charge in [-0.05, 0) is 58.5 Å². The third-order valence-corrected chi connectivity index (χ3v) is 5.08. The van der Waals surface area contributed by atoms with Crippen molar-refractivity contribution in [2.24, 2.45) is 0 Å². The topological polar surface area (TPSA) is 59.6 Å². The van der Waals surface area contributed by atoms with Crippen LogP contribution in [0.3, 0.4) is 0 Å². The Bertz CT molecular complexity index is 868. The molecular formula is C17H14BrCl3N2O3S. The van der Waals surface area contributed by atoms with Gasteiger partial charge in [-0.3, -0.25) is 10.1 Å². The van der Waals surface area contributed by atoms with Crippen LogP contribution in [0.15, 0.2) is 34.8 Å². The second-order valence-corrected chi connectivity index (χ2v) is 7.63. The van der Waals surface area contributed by atoms with Crippen molar-refractivity contribution in [2.75, 3.05) is 25.6 Å². The van der Waals surface area contributed by atoms with Crippen molar-refractivity contribution in [1.29, 1.82) is 0 Å². The van der Waals surface area contributed by atoms with E-state index in [1.807, 2.05) is 0 Å². The Morgan fingerprint density at radius 1 is 1.11 bits per heavy atom. The lowest BCUT2D eigenvalue weighted by molar-refractivity contribution is 0.0977. The summed E-state index contributed by atoms with van der Waals surface area (Å²) in [4.78, 5) is 12.4. The highest BCUT2D eigenvalue weighted by atomic mass is 79.9. The molecule has 27 heavy (non-hydrogen) atoms. The average molecular weight is 513 g/mol. The van der Waals surface area contributed by atoms with Gasteiger partial charge in [0, 0.05) is 12.7 Å². The van der Waals surface area contributed by atoms with Crippen molar-refractivity contribution in [3.63, 3.8) is 0 Å². The normalized spacial score (nSPS) is 10.4. The molecule has 0 bridgehead atoms. The van der Waals surface area contributed by atoms with E-state index in [1.165, 1.54) is 12.1 Å². The number of thiocarbonyl (C=S) groups is 1. The van der Waals surface area contributed by atoms with E-state index in [0.29, 0.717) is 49.8 Å². The van der Waals surface area contributed by atoms with E-state index in [4.69, 9.17) is 56.5 Å². The second-order valence-electron chi connectivity index (χ2n) is 5.14. The summed E-state index contributed by atoms with van der Waals surface area (Å²) < 4.78 is 11.1. The zero-order valence-corrected chi connectivity index (χ0v) is 18.6. The summed E-state index contributed by atoms with van der Waals surface area (Å²) in [6.07, 6.45) is 0. The molecule has 0 aliphatic rings. The lowest BCUT2D eigenvalue weighted by atomic mass is 10.2. The number of methoxy groups -OCH3 is 1. The summed E-state index contributed by atoms with van der Waals surface area (Å²) >= 11 is 26.5. The number of halogens is 4. The fourth-order valence-corrected chi connectivity index (χ4v) is 3.23. The van der Waals surface area contributed by atoms with E-state index in [2.05, 4.69) is 26.6 Å². The summed E-state index contributed by atoms with van der Waals surface area (Å²) in [6, 6.07) is 7.94. The second kappa shape index (κ2) is 10.5. The van der Waals surface area contributed by atoms with E-state index < -0.39 is 5.91 Å². The van der Waals surface area contributed by atoms with Crippen LogP contribution in [0.2, 0.25) is 15.1 Å². The van der Waals surface area contributed by atoms with Gasteiger partial charge < -0.3 is 14.8 Å². The summed E-state index contributed by atoms with van der Waals surface area (Å²) in [5.41, 5.74) is 0.824. The van der Waals surface area contributed by atoms with Gasteiger partial charge in [-0.15, -0.1) is 0 Å². The molecule has 0 aromatic heterocycles. The molecule has 144 valence electrons. The first-order chi connectivity index (χ1) is 12.8. The fraction of sp³-hybridized carbons (Fsp3) is 0.176. The van der Waals surface area contributed by atoms with Crippen molar-refractivity contribution in [1.82, 2.24) is 5.32 Å². The number of benzene rings is 2. The number of rotatable bonds is 6. The first-order valence-corrected chi connectivity index (χ1v) is 9.83. The first-order valence-electron chi connectivity index (χ1n) is 7.50. The molecular weight excluding hydrogens is 499 g/mol. The Hall–Kier alpha value is -1.09. The van der Waals surface area contributed by atoms with Gasteiger partial charge in [0.25, 0.3) is 5.91 Å². The minimum atomic E-state index is -0.396. The van der Waals surface area contributed by atoms with Crippen molar-refractivity contribution < 1.29 is 14.3 Å². The molecule has 5 nitrogen and oxygen atoms in total. The molecule has 0 aliphatic carbocycles. The molecule has 1 amide bonds. The molecule has 0 spiro atoms. The summed E-state index contributed by atoms with van der Waals surface area (Å²) in [6.45, 7) is 0.866. The standard InChI is InChI=1S/C17H14BrCl3N2O3S/c1-25-4-5-26-15-3-2-9(6-10(15)18)16(24)23-17(27)22-14-8-12(20)11(19)7-13(14)21/h2-3,6-8H,4-5H2,1H3,(H2,22,23,24,27). The highest BCUT2D eigenvalue weighted by molar-refractivity contribution is 9.10. The zero-order chi connectivity index (χ0) is 20.0. The molecule has 0 unspecified atom stereocenters. The minimum Gasteiger partial charge on any atom is -0.490 e. The smallest absolute Gasteiger partial charge is 0.257 e. The number of hydrogen-bond acceptors (Lipinski definition) is 4. The van der Waals surface area contributed by atoms with Gasteiger partial charge in [-0.2, -0.15) is 0 Å². The van der Waals surface area contributed by atoms with Crippen molar-refractivity contribution in [3.8, 4) is 5.75 Å². The Balaban J connectivity index is 2.01. The van der Waals surface area contributed by atoms with Gasteiger partial charge >= 0.3 is 0 Å². The summed E-state index contributed by atoms with van der Waals surface area (Å²) in [7, 11) is 1.59. The summed E-state index contributed by atoms with van der Waals surface area (Å²) in [5.74, 6) is 0.208. The highest BCUT2D eigenvalue weighted by Gasteiger charge is 2.13. The van der Waals surface area contributed by atoms with Crippen LogP contribution in [0, 0.1) is 0 Å². The van der Waals surface area contributed by atoms with Crippen LogP contribution in [-0.4, -0.2) is 31.3 Å². The number of carbonyl (C=O) groups is 1. The maximum atomic E-state index is 12.4. The van der Waals surface area contributed by atoms with Gasteiger partial charge in [0.1, 0.15) is 12.4 Å². The van der Waals surface area contributed by atoms with E-state index >= 15 is 0 Å².